The van der Waals surface area contributed by atoms with Crippen LogP contribution >= 0.6 is 0 Å². The smallest absolute Gasteiger partial charge is 0.341 e. The molecule has 80 valence electrons. The van der Waals surface area contributed by atoms with Gasteiger partial charge in [0.2, 0.25) is 0 Å². The predicted octanol–water partition coefficient (Wildman–Crippen LogP) is 0.530. The Kier molecular flexibility index (Phi) is 2.47. The fourth-order valence-corrected chi connectivity index (χ4v) is 1.24. The Bertz CT molecular complexity index is 577. The van der Waals surface area contributed by atoms with E-state index >= 15 is 0 Å². The molecule has 0 unspecified atom stereocenters. The zero-order valence-electron chi connectivity index (χ0n) is 8.04. The minimum atomic E-state index is -1.27. The first kappa shape index (κ1) is 10.0. The molecule has 0 aliphatic rings. The summed E-state index contributed by atoms with van der Waals surface area (Å²) >= 11 is 0. The van der Waals surface area contributed by atoms with Crippen molar-refractivity contribution >= 4 is 5.97 Å². The Morgan fingerprint density at radius 1 is 1.38 bits per heavy atom. The number of nitrogens with zero attached hydrogens (tertiary/aromatic N) is 2. The van der Waals surface area contributed by atoms with Crippen molar-refractivity contribution in [2.45, 2.75) is 0 Å². The van der Waals surface area contributed by atoms with E-state index in [4.69, 9.17) is 5.11 Å². The predicted molar refractivity (Wildman–Crippen MR) is 55.0 cm³/mol. The highest BCUT2D eigenvalue weighted by Gasteiger charge is 2.10. The number of rotatable bonds is 2. The van der Waals surface area contributed by atoms with E-state index in [1.165, 1.54) is 30.9 Å². The lowest BCUT2D eigenvalue weighted by molar-refractivity contribution is 0.0695. The number of aromatic nitrogens is 3. The SMILES string of the molecule is O=C(O)c1cc(-c2cnccn2)c[nH]c1=O. The van der Waals surface area contributed by atoms with Gasteiger partial charge in [-0.1, -0.05) is 0 Å². The van der Waals surface area contributed by atoms with Crippen molar-refractivity contribution in [2.24, 2.45) is 0 Å². The summed E-state index contributed by atoms with van der Waals surface area (Å²) in [5.41, 5.74) is 0.0506. The number of hydrogen-bond donors (Lipinski definition) is 2. The first-order valence-corrected chi connectivity index (χ1v) is 4.41. The number of hydrogen-bond acceptors (Lipinski definition) is 4. The summed E-state index contributed by atoms with van der Waals surface area (Å²) in [4.78, 5) is 32.1. The van der Waals surface area contributed by atoms with Crippen LogP contribution in [0.25, 0.3) is 11.3 Å². The molecular weight excluding hydrogens is 210 g/mol. The molecule has 0 fully saturated rings. The number of H-pyrrole nitrogens is 1. The molecule has 0 saturated heterocycles. The lowest BCUT2D eigenvalue weighted by Crippen LogP contribution is -2.16. The van der Waals surface area contributed by atoms with E-state index in [-0.39, 0.29) is 5.56 Å². The van der Waals surface area contributed by atoms with Gasteiger partial charge in [0.1, 0.15) is 5.56 Å². The van der Waals surface area contributed by atoms with Crippen molar-refractivity contribution in [1.29, 1.82) is 0 Å². The maximum absolute atomic E-state index is 11.2. The van der Waals surface area contributed by atoms with Gasteiger partial charge in [0.25, 0.3) is 5.56 Å². The van der Waals surface area contributed by atoms with Crippen molar-refractivity contribution in [2.75, 3.05) is 0 Å². The molecule has 2 aromatic heterocycles. The standard InChI is InChI=1S/C10H7N3O3/c14-9-7(10(15)16)3-6(4-13-9)8-5-11-1-2-12-8/h1-5H,(H,13,14)(H,15,16). The van der Waals surface area contributed by atoms with Crippen LogP contribution in [0.15, 0.2) is 35.6 Å². The van der Waals surface area contributed by atoms with Crippen LogP contribution in [0.2, 0.25) is 0 Å². The van der Waals surface area contributed by atoms with E-state index in [0.717, 1.165) is 0 Å². The van der Waals surface area contributed by atoms with Gasteiger partial charge in [-0.05, 0) is 6.07 Å². The molecule has 0 bridgehead atoms. The number of aromatic carboxylic acids is 1. The topological polar surface area (TPSA) is 95.9 Å². The Hall–Kier alpha value is -2.50. The highest BCUT2D eigenvalue weighted by Crippen LogP contribution is 2.13. The van der Waals surface area contributed by atoms with Gasteiger partial charge in [0.15, 0.2) is 0 Å². The molecule has 16 heavy (non-hydrogen) atoms. The van der Waals surface area contributed by atoms with Crippen molar-refractivity contribution < 1.29 is 9.90 Å². The fourth-order valence-electron chi connectivity index (χ4n) is 1.24. The minimum absolute atomic E-state index is 0.317. The molecule has 6 nitrogen and oxygen atoms in total. The first-order chi connectivity index (χ1) is 7.68. The number of nitrogens with one attached hydrogen (secondary N) is 1. The molecule has 2 aromatic rings. The molecule has 0 radical (unpaired) electrons. The van der Waals surface area contributed by atoms with Crippen molar-refractivity contribution in [3.05, 3.63) is 46.8 Å². The zero-order valence-corrected chi connectivity index (χ0v) is 8.04. The van der Waals surface area contributed by atoms with Gasteiger partial charge in [-0.3, -0.25) is 14.8 Å². The fraction of sp³-hybridized carbons (Fsp3) is 0. The number of aromatic amines is 1. The number of pyridine rings is 1. The third-order valence-corrected chi connectivity index (χ3v) is 1.99. The molecule has 0 aliphatic carbocycles. The second-order valence-electron chi connectivity index (χ2n) is 3.03. The van der Waals surface area contributed by atoms with Gasteiger partial charge in [-0.25, -0.2) is 4.79 Å². The van der Waals surface area contributed by atoms with Gasteiger partial charge >= 0.3 is 5.97 Å². The number of carboxylic acid groups (broad SMARTS) is 1. The monoisotopic (exact) mass is 217 g/mol. The van der Waals surface area contributed by atoms with Crippen molar-refractivity contribution in [3.63, 3.8) is 0 Å². The highest BCUT2D eigenvalue weighted by atomic mass is 16.4. The van der Waals surface area contributed by atoms with Gasteiger partial charge < -0.3 is 10.1 Å². The van der Waals surface area contributed by atoms with Gasteiger partial charge in [-0.15, -0.1) is 0 Å². The molecule has 2 N–H and O–H groups in total. The molecule has 0 amide bonds. The summed E-state index contributed by atoms with van der Waals surface area (Å²) in [6.45, 7) is 0. The van der Waals surface area contributed by atoms with Crippen LogP contribution in [0.3, 0.4) is 0 Å². The molecule has 6 heteroatoms. The van der Waals surface area contributed by atoms with Crippen LogP contribution in [0.1, 0.15) is 10.4 Å². The third kappa shape index (κ3) is 1.81. The van der Waals surface area contributed by atoms with E-state index in [0.29, 0.717) is 11.3 Å². The third-order valence-electron chi connectivity index (χ3n) is 1.99. The van der Waals surface area contributed by atoms with E-state index in [9.17, 15) is 9.59 Å². The summed E-state index contributed by atoms with van der Waals surface area (Å²) in [5.74, 6) is -1.27. The van der Waals surface area contributed by atoms with Crippen LogP contribution in [-0.4, -0.2) is 26.0 Å². The van der Waals surface area contributed by atoms with Crippen molar-refractivity contribution in [3.8, 4) is 11.3 Å². The molecule has 2 heterocycles. The Morgan fingerprint density at radius 3 is 2.81 bits per heavy atom. The first-order valence-electron chi connectivity index (χ1n) is 4.41. The zero-order chi connectivity index (χ0) is 11.5. The molecule has 0 spiro atoms. The van der Waals surface area contributed by atoms with Crippen LogP contribution < -0.4 is 5.56 Å². The molecule has 0 aromatic carbocycles. The molecule has 2 rings (SSSR count). The Balaban J connectivity index is 2.57. The Labute approximate surface area is 89.6 Å². The van der Waals surface area contributed by atoms with Gasteiger partial charge in [0.05, 0.1) is 11.9 Å². The normalized spacial score (nSPS) is 10.0. The lowest BCUT2D eigenvalue weighted by Gasteiger charge is -2.00. The van der Waals surface area contributed by atoms with Crippen LogP contribution in [0, 0.1) is 0 Å². The maximum Gasteiger partial charge on any atom is 0.341 e. The Morgan fingerprint density at radius 2 is 2.19 bits per heavy atom. The van der Waals surface area contributed by atoms with E-state index in [2.05, 4.69) is 15.0 Å². The van der Waals surface area contributed by atoms with Gasteiger partial charge in [0, 0.05) is 24.2 Å². The lowest BCUT2D eigenvalue weighted by atomic mass is 10.1. The van der Waals surface area contributed by atoms with Crippen LogP contribution in [0.5, 0.6) is 0 Å². The summed E-state index contributed by atoms with van der Waals surface area (Å²) in [6.07, 6.45) is 5.88. The minimum Gasteiger partial charge on any atom is -0.477 e. The summed E-state index contributed by atoms with van der Waals surface area (Å²) in [6, 6.07) is 1.27. The van der Waals surface area contributed by atoms with E-state index in [1.807, 2.05) is 0 Å². The second-order valence-corrected chi connectivity index (χ2v) is 3.03. The quantitative estimate of drug-likeness (QED) is 0.764. The largest absolute Gasteiger partial charge is 0.477 e. The van der Waals surface area contributed by atoms with Gasteiger partial charge in [-0.2, -0.15) is 0 Å². The average molecular weight is 217 g/mol. The molecule has 0 aliphatic heterocycles. The molecule has 0 atom stereocenters. The maximum atomic E-state index is 11.2. The average Bonchev–Trinajstić information content (AvgIpc) is 2.30. The second kappa shape index (κ2) is 3.93. The summed E-state index contributed by atoms with van der Waals surface area (Å²) in [7, 11) is 0. The van der Waals surface area contributed by atoms with Crippen molar-refractivity contribution in [1.82, 2.24) is 15.0 Å². The molecular formula is C10H7N3O3. The molecule has 0 saturated carbocycles. The van der Waals surface area contributed by atoms with E-state index < -0.39 is 11.5 Å². The summed E-state index contributed by atoms with van der Waals surface area (Å²) in [5, 5.41) is 8.78. The number of carboxylic acids is 1. The van der Waals surface area contributed by atoms with E-state index in [1.54, 1.807) is 0 Å². The summed E-state index contributed by atoms with van der Waals surface area (Å²) < 4.78 is 0. The van der Waals surface area contributed by atoms with Crippen LogP contribution in [-0.2, 0) is 0 Å². The highest BCUT2D eigenvalue weighted by molar-refractivity contribution is 5.88. The van der Waals surface area contributed by atoms with Crippen LogP contribution in [0.4, 0.5) is 0 Å². The number of carbonyl (C=O) groups is 1.